The summed E-state index contributed by atoms with van der Waals surface area (Å²) >= 11 is 0. The van der Waals surface area contributed by atoms with E-state index in [1.54, 1.807) is 0 Å². The first-order valence-electron chi connectivity index (χ1n) is 6.00. The van der Waals surface area contributed by atoms with Crippen LogP contribution >= 0.6 is 0 Å². The first kappa shape index (κ1) is 10.7. The molecule has 15 heavy (non-hydrogen) atoms. The van der Waals surface area contributed by atoms with Crippen molar-refractivity contribution in [1.29, 1.82) is 0 Å². The molecular weight excluding hydrogens is 186 g/mol. The summed E-state index contributed by atoms with van der Waals surface area (Å²) in [4.78, 5) is 0. The van der Waals surface area contributed by atoms with Gasteiger partial charge in [-0.05, 0) is 25.7 Å². The molecule has 1 aromatic heterocycles. The van der Waals surface area contributed by atoms with Crippen LogP contribution in [0.4, 0.5) is 0 Å². The zero-order valence-corrected chi connectivity index (χ0v) is 9.66. The van der Waals surface area contributed by atoms with Crippen molar-refractivity contribution in [3.8, 4) is 0 Å². The van der Waals surface area contributed by atoms with E-state index in [2.05, 4.69) is 29.4 Å². The Morgan fingerprint density at radius 3 is 3.07 bits per heavy atom. The lowest BCUT2D eigenvalue weighted by atomic mass is 9.86. The van der Waals surface area contributed by atoms with E-state index in [0.29, 0.717) is 12.1 Å². The van der Waals surface area contributed by atoms with Gasteiger partial charge < -0.3 is 5.32 Å². The fraction of sp³-hybridized carbons (Fsp3) is 0.750. The highest BCUT2D eigenvalue weighted by molar-refractivity contribution is 5.08. The van der Waals surface area contributed by atoms with Gasteiger partial charge in [-0.1, -0.05) is 19.8 Å². The minimum Gasteiger partial charge on any atom is -0.307 e. The van der Waals surface area contributed by atoms with Crippen LogP contribution in [0.25, 0.3) is 0 Å². The second kappa shape index (κ2) is 4.79. The quantitative estimate of drug-likeness (QED) is 0.800. The monoisotopic (exact) mass is 207 g/mol. The van der Waals surface area contributed by atoms with Crippen LogP contribution in [0.3, 0.4) is 0 Å². The Kier molecular flexibility index (Phi) is 3.41. The molecule has 0 bridgehead atoms. The third-order valence-corrected chi connectivity index (χ3v) is 3.44. The molecular formula is C12H21N3. The molecule has 0 amide bonds. The minimum absolute atomic E-state index is 0.416. The highest BCUT2D eigenvalue weighted by Gasteiger charge is 2.20. The van der Waals surface area contributed by atoms with Crippen LogP contribution < -0.4 is 5.32 Å². The molecule has 1 saturated carbocycles. The van der Waals surface area contributed by atoms with Gasteiger partial charge in [0.05, 0.1) is 6.20 Å². The summed E-state index contributed by atoms with van der Waals surface area (Å²) in [6.45, 7) is 4.57. The summed E-state index contributed by atoms with van der Waals surface area (Å²) in [5.41, 5.74) is 1.26. The molecule has 0 aromatic carbocycles. The van der Waals surface area contributed by atoms with Crippen LogP contribution in [0.15, 0.2) is 12.4 Å². The number of aromatic amines is 1. The lowest BCUT2D eigenvalue weighted by molar-refractivity contribution is 0.285. The van der Waals surface area contributed by atoms with Crippen molar-refractivity contribution in [2.75, 3.05) is 0 Å². The number of aromatic nitrogens is 2. The Bertz CT molecular complexity index is 281. The average molecular weight is 207 g/mol. The topological polar surface area (TPSA) is 40.7 Å². The lowest BCUT2D eigenvalue weighted by Gasteiger charge is -2.29. The molecule has 1 heterocycles. The maximum Gasteiger partial charge on any atom is 0.0534 e. The van der Waals surface area contributed by atoms with Gasteiger partial charge in [-0.15, -0.1) is 0 Å². The Hall–Kier alpha value is -0.830. The zero-order chi connectivity index (χ0) is 10.7. The molecule has 3 atom stereocenters. The molecule has 2 N–H and O–H groups in total. The summed E-state index contributed by atoms with van der Waals surface area (Å²) < 4.78 is 0. The van der Waals surface area contributed by atoms with Crippen LogP contribution in [0, 0.1) is 5.92 Å². The first-order valence-corrected chi connectivity index (χ1v) is 6.00. The van der Waals surface area contributed by atoms with E-state index in [1.807, 2.05) is 12.4 Å². The average Bonchev–Trinajstić information content (AvgIpc) is 2.70. The maximum absolute atomic E-state index is 3.99. The Morgan fingerprint density at radius 2 is 2.40 bits per heavy atom. The van der Waals surface area contributed by atoms with Crippen molar-refractivity contribution in [3.63, 3.8) is 0 Å². The van der Waals surface area contributed by atoms with E-state index >= 15 is 0 Å². The fourth-order valence-electron chi connectivity index (χ4n) is 2.53. The van der Waals surface area contributed by atoms with Crippen molar-refractivity contribution in [2.45, 2.75) is 51.6 Å². The molecule has 3 heteroatoms. The van der Waals surface area contributed by atoms with Crippen LogP contribution in [0.2, 0.25) is 0 Å². The van der Waals surface area contributed by atoms with Crippen LogP contribution in [0.1, 0.15) is 51.1 Å². The van der Waals surface area contributed by atoms with Crippen molar-refractivity contribution < 1.29 is 0 Å². The molecule has 1 aromatic rings. The fourth-order valence-corrected chi connectivity index (χ4v) is 2.53. The van der Waals surface area contributed by atoms with E-state index < -0.39 is 0 Å². The van der Waals surface area contributed by atoms with Crippen molar-refractivity contribution in [2.24, 2.45) is 5.92 Å². The van der Waals surface area contributed by atoms with Gasteiger partial charge in [-0.25, -0.2) is 0 Å². The second-order valence-electron chi connectivity index (χ2n) is 4.89. The van der Waals surface area contributed by atoms with E-state index in [1.165, 1.54) is 31.2 Å². The molecule has 1 aliphatic rings. The number of hydrogen-bond acceptors (Lipinski definition) is 2. The van der Waals surface area contributed by atoms with E-state index in [9.17, 15) is 0 Å². The molecule has 3 unspecified atom stereocenters. The standard InChI is InChI=1S/C12H21N3/c1-9-4-3-5-12(6-9)15-10(2)11-7-13-14-8-11/h7-10,12,15H,3-6H2,1-2H3,(H,13,14). The van der Waals surface area contributed by atoms with Gasteiger partial charge in [-0.3, -0.25) is 5.10 Å². The van der Waals surface area contributed by atoms with Crippen LogP contribution in [-0.4, -0.2) is 16.2 Å². The lowest BCUT2D eigenvalue weighted by Crippen LogP contribution is -2.35. The highest BCUT2D eigenvalue weighted by atomic mass is 15.1. The SMILES string of the molecule is CC1CCCC(NC(C)c2cn[nH]c2)C1. The molecule has 2 rings (SSSR count). The van der Waals surface area contributed by atoms with Gasteiger partial charge in [0, 0.05) is 23.8 Å². The zero-order valence-electron chi connectivity index (χ0n) is 9.66. The van der Waals surface area contributed by atoms with E-state index in [-0.39, 0.29) is 0 Å². The predicted molar refractivity (Wildman–Crippen MR) is 61.6 cm³/mol. The molecule has 84 valence electrons. The van der Waals surface area contributed by atoms with Gasteiger partial charge in [0.2, 0.25) is 0 Å². The number of rotatable bonds is 3. The summed E-state index contributed by atoms with van der Waals surface area (Å²) in [6.07, 6.45) is 9.30. The smallest absolute Gasteiger partial charge is 0.0534 e. The Balaban J connectivity index is 1.86. The van der Waals surface area contributed by atoms with Crippen molar-refractivity contribution in [1.82, 2.24) is 15.5 Å². The van der Waals surface area contributed by atoms with Gasteiger partial charge in [-0.2, -0.15) is 5.10 Å². The molecule has 3 nitrogen and oxygen atoms in total. The van der Waals surface area contributed by atoms with Crippen molar-refractivity contribution in [3.05, 3.63) is 18.0 Å². The van der Waals surface area contributed by atoms with E-state index in [0.717, 1.165) is 5.92 Å². The number of H-pyrrole nitrogens is 1. The molecule has 0 radical (unpaired) electrons. The van der Waals surface area contributed by atoms with Crippen LogP contribution in [0.5, 0.6) is 0 Å². The summed E-state index contributed by atoms with van der Waals surface area (Å²) in [6, 6.07) is 1.11. The largest absolute Gasteiger partial charge is 0.307 e. The molecule has 0 spiro atoms. The van der Waals surface area contributed by atoms with E-state index in [4.69, 9.17) is 0 Å². The summed E-state index contributed by atoms with van der Waals surface area (Å²) in [5, 5.41) is 10.5. The summed E-state index contributed by atoms with van der Waals surface area (Å²) in [7, 11) is 0. The first-order chi connectivity index (χ1) is 7.25. The molecule has 0 aliphatic heterocycles. The van der Waals surface area contributed by atoms with Crippen LogP contribution in [-0.2, 0) is 0 Å². The third-order valence-electron chi connectivity index (χ3n) is 3.44. The van der Waals surface area contributed by atoms with Gasteiger partial charge >= 0.3 is 0 Å². The summed E-state index contributed by atoms with van der Waals surface area (Å²) in [5.74, 6) is 0.882. The normalized spacial score (nSPS) is 28.9. The number of nitrogens with one attached hydrogen (secondary N) is 2. The van der Waals surface area contributed by atoms with Gasteiger partial charge in [0.15, 0.2) is 0 Å². The van der Waals surface area contributed by atoms with Gasteiger partial charge in [0.1, 0.15) is 0 Å². The maximum atomic E-state index is 3.99. The second-order valence-corrected chi connectivity index (χ2v) is 4.89. The molecule has 0 saturated heterocycles. The predicted octanol–water partition coefficient (Wildman–Crippen LogP) is 2.64. The Morgan fingerprint density at radius 1 is 1.53 bits per heavy atom. The molecule has 1 fully saturated rings. The third kappa shape index (κ3) is 2.81. The van der Waals surface area contributed by atoms with Crippen molar-refractivity contribution >= 4 is 0 Å². The minimum atomic E-state index is 0.416. The molecule has 1 aliphatic carbocycles. The number of hydrogen-bond donors (Lipinski definition) is 2. The Labute approximate surface area is 91.7 Å². The van der Waals surface area contributed by atoms with Gasteiger partial charge in [0.25, 0.3) is 0 Å². The highest BCUT2D eigenvalue weighted by Crippen LogP contribution is 2.25. The number of nitrogens with zero attached hydrogens (tertiary/aromatic N) is 1.